The average Bonchev–Trinajstić information content (AvgIpc) is 2.48. The second kappa shape index (κ2) is 7.49. The molecule has 5 heteroatoms. The average molecular weight is 305 g/mol. The molecule has 2 rings (SSSR count). The van der Waals surface area contributed by atoms with Crippen LogP contribution >= 0.6 is 0 Å². The van der Waals surface area contributed by atoms with Crippen LogP contribution in [0.4, 0.5) is 5.69 Å². The molecule has 0 saturated heterocycles. The maximum atomic E-state index is 10.4. The summed E-state index contributed by atoms with van der Waals surface area (Å²) in [7, 11) is 0. The summed E-state index contributed by atoms with van der Waals surface area (Å²) >= 11 is 0. The predicted octanol–water partition coefficient (Wildman–Crippen LogP) is 2.90. The standard InChI is InChI=1S/C17H27N3O2/c1-13(2)22-15-8-6-14(7-9-15)20-16(18)19-12-17(21)10-4-3-5-11-17/h6-9,13,21H,3-5,10-12H2,1-2H3,(H3,18,19,20). The zero-order valence-corrected chi connectivity index (χ0v) is 13.5. The maximum absolute atomic E-state index is 10.4. The van der Waals surface area contributed by atoms with E-state index in [-0.39, 0.29) is 6.10 Å². The lowest BCUT2D eigenvalue weighted by molar-refractivity contribution is 0.0132. The Bertz CT molecular complexity index is 491. The first-order valence-electron chi connectivity index (χ1n) is 8.03. The van der Waals surface area contributed by atoms with Crippen molar-refractivity contribution in [3.05, 3.63) is 24.3 Å². The highest BCUT2D eigenvalue weighted by Crippen LogP contribution is 2.28. The van der Waals surface area contributed by atoms with Crippen molar-refractivity contribution in [2.75, 3.05) is 11.9 Å². The highest BCUT2D eigenvalue weighted by atomic mass is 16.5. The molecular weight excluding hydrogens is 278 g/mol. The Morgan fingerprint density at radius 3 is 2.50 bits per heavy atom. The molecular formula is C17H27N3O2. The molecule has 1 saturated carbocycles. The van der Waals surface area contributed by atoms with Gasteiger partial charge in [0.2, 0.25) is 0 Å². The van der Waals surface area contributed by atoms with Crippen molar-refractivity contribution in [2.24, 2.45) is 10.7 Å². The van der Waals surface area contributed by atoms with Crippen LogP contribution in [0.2, 0.25) is 0 Å². The minimum atomic E-state index is -0.681. The number of nitrogens with zero attached hydrogens (tertiary/aromatic N) is 1. The minimum absolute atomic E-state index is 0.154. The van der Waals surface area contributed by atoms with E-state index in [4.69, 9.17) is 10.5 Å². The van der Waals surface area contributed by atoms with E-state index in [0.29, 0.717) is 12.5 Å². The molecule has 0 unspecified atom stereocenters. The van der Waals surface area contributed by atoms with Crippen LogP contribution < -0.4 is 15.8 Å². The molecule has 0 atom stereocenters. The van der Waals surface area contributed by atoms with Gasteiger partial charge in [0.15, 0.2) is 5.96 Å². The number of anilines is 1. The van der Waals surface area contributed by atoms with Gasteiger partial charge in [0.1, 0.15) is 5.75 Å². The van der Waals surface area contributed by atoms with Crippen molar-refractivity contribution in [1.29, 1.82) is 0 Å². The minimum Gasteiger partial charge on any atom is -0.491 e. The van der Waals surface area contributed by atoms with E-state index in [1.54, 1.807) is 0 Å². The first kappa shape index (κ1) is 16.6. The molecule has 0 spiro atoms. The largest absolute Gasteiger partial charge is 0.491 e. The summed E-state index contributed by atoms with van der Waals surface area (Å²) in [4.78, 5) is 4.29. The predicted molar refractivity (Wildman–Crippen MR) is 90.4 cm³/mol. The SMILES string of the molecule is CC(C)Oc1ccc(NC(N)=NCC2(O)CCCCC2)cc1. The third-order valence-corrected chi connectivity index (χ3v) is 3.83. The molecule has 0 bridgehead atoms. The van der Waals surface area contributed by atoms with E-state index in [0.717, 1.165) is 37.1 Å². The summed E-state index contributed by atoms with van der Waals surface area (Å²) in [6, 6.07) is 7.58. The van der Waals surface area contributed by atoms with Gasteiger partial charge in [-0.05, 0) is 51.0 Å². The summed E-state index contributed by atoms with van der Waals surface area (Å²) in [5.41, 5.74) is 6.07. The Hall–Kier alpha value is -1.75. The van der Waals surface area contributed by atoms with Crippen molar-refractivity contribution in [1.82, 2.24) is 0 Å². The lowest BCUT2D eigenvalue weighted by Gasteiger charge is -2.30. The summed E-state index contributed by atoms with van der Waals surface area (Å²) in [5, 5.41) is 13.4. The summed E-state index contributed by atoms with van der Waals surface area (Å²) < 4.78 is 5.59. The lowest BCUT2D eigenvalue weighted by atomic mass is 9.85. The highest BCUT2D eigenvalue weighted by Gasteiger charge is 2.28. The number of hydrogen-bond donors (Lipinski definition) is 3. The topological polar surface area (TPSA) is 79.9 Å². The Labute approximate surface area is 132 Å². The van der Waals surface area contributed by atoms with Crippen LogP contribution in [0.5, 0.6) is 5.75 Å². The van der Waals surface area contributed by atoms with Gasteiger partial charge in [-0.25, -0.2) is 0 Å². The van der Waals surface area contributed by atoms with Gasteiger partial charge in [-0.2, -0.15) is 0 Å². The van der Waals surface area contributed by atoms with Crippen LogP contribution in [0.1, 0.15) is 46.0 Å². The number of ether oxygens (including phenoxy) is 1. The molecule has 1 aromatic rings. The van der Waals surface area contributed by atoms with E-state index in [1.165, 1.54) is 6.42 Å². The summed E-state index contributed by atoms with van der Waals surface area (Å²) in [5.74, 6) is 1.16. The molecule has 0 radical (unpaired) electrons. The van der Waals surface area contributed by atoms with Crippen molar-refractivity contribution in [3.63, 3.8) is 0 Å². The molecule has 0 aliphatic heterocycles. The third kappa shape index (κ3) is 5.22. The van der Waals surface area contributed by atoms with Crippen molar-refractivity contribution in [2.45, 2.75) is 57.7 Å². The second-order valence-electron chi connectivity index (χ2n) is 6.30. The van der Waals surface area contributed by atoms with Crippen LogP contribution in [-0.4, -0.2) is 29.3 Å². The summed E-state index contributed by atoms with van der Waals surface area (Å²) in [6.07, 6.45) is 5.11. The molecule has 122 valence electrons. The van der Waals surface area contributed by atoms with Crippen LogP contribution in [0.25, 0.3) is 0 Å². The Morgan fingerprint density at radius 2 is 1.91 bits per heavy atom. The van der Waals surface area contributed by atoms with Gasteiger partial charge in [-0.1, -0.05) is 19.3 Å². The Balaban J connectivity index is 1.87. The molecule has 0 aromatic heterocycles. The van der Waals surface area contributed by atoms with Crippen molar-refractivity contribution < 1.29 is 9.84 Å². The molecule has 0 heterocycles. The molecule has 5 nitrogen and oxygen atoms in total. The Kier molecular flexibility index (Phi) is 5.66. The number of nitrogens with one attached hydrogen (secondary N) is 1. The number of rotatable bonds is 5. The normalized spacial score (nSPS) is 18.3. The molecule has 1 fully saturated rings. The number of nitrogens with two attached hydrogens (primary N) is 1. The third-order valence-electron chi connectivity index (χ3n) is 3.83. The first-order valence-corrected chi connectivity index (χ1v) is 8.03. The van der Waals surface area contributed by atoms with E-state index in [2.05, 4.69) is 10.3 Å². The molecule has 1 aliphatic rings. The number of aliphatic hydroxyl groups is 1. The van der Waals surface area contributed by atoms with Crippen LogP contribution in [0, 0.1) is 0 Å². The fourth-order valence-corrected chi connectivity index (χ4v) is 2.68. The first-order chi connectivity index (χ1) is 10.5. The number of aliphatic imine (C=N–C) groups is 1. The lowest BCUT2D eigenvalue weighted by Crippen LogP contribution is -2.36. The Morgan fingerprint density at radius 1 is 1.27 bits per heavy atom. The van der Waals surface area contributed by atoms with Crippen molar-refractivity contribution in [3.8, 4) is 5.75 Å². The van der Waals surface area contributed by atoms with E-state index < -0.39 is 5.60 Å². The fraction of sp³-hybridized carbons (Fsp3) is 0.588. The van der Waals surface area contributed by atoms with Crippen LogP contribution in [0.3, 0.4) is 0 Å². The summed E-state index contributed by atoms with van der Waals surface area (Å²) in [6.45, 7) is 4.35. The second-order valence-corrected chi connectivity index (χ2v) is 6.30. The maximum Gasteiger partial charge on any atom is 0.193 e. The fourth-order valence-electron chi connectivity index (χ4n) is 2.68. The monoisotopic (exact) mass is 305 g/mol. The van der Waals surface area contributed by atoms with E-state index >= 15 is 0 Å². The van der Waals surface area contributed by atoms with Gasteiger partial charge in [-0.3, -0.25) is 4.99 Å². The molecule has 1 aliphatic carbocycles. The smallest absolute Gasteiger partial charge is 0.193 e. The zero-order chi connectivity index (χ0) is 16.0. The molecule has 1 aromatic carbocycles. The van der Waals surface area contributed by atoms with E-state index in [9.17, 15) is 5.11 Å². The van der Waals surface area contributed by atoms with Crippen LogP contribution in [-0.2, 0) is 0 Å². The number of hydrogen-bond acceptors (Lipinski definition) is 3. The van der Waals surface area contributed by atoms with Gasteiger partial charge in [0, 0.05) is 5.69 Å². The molecule has 0 amide bonds. The van der Waals surface area contributed by atoms with E-state index in [1.807, 2.05) is 38.1 Å². The molecule has 22 heavy (non-hydrogen) atoms. The van der Waals surface area contributed by atoms with Gasteiger partial charge < -0.3 is 20.9 Å². The van der Waals surface area contributed by atoms with Gasteiger partial charge in [0.05, 0.1) is 18.2 Å². The number of benzene rings is 1. The highest BCUT2D eigenvalue weighted by molar-refractivity contribution is 5.92. The quantitative estimate of drug-likeness (QED) is 0.577. The van der Waals surface area contributed by atoms with Crippen molar-refractivity contribution >= 4 is 11.6 Å². The van der Waals surface area contributed by atoms with Gasteiger partial charge in [0.25, 0.3) is 0 Å². The molecule has 4 N–H and O–H groups in total. The number of guanidine groups is 1. The van der Waals surface area contributed by atoms with Gasteiger partial charge in [-0.15, -0.1) is 0 Å². The zero-order valence-electron chi connectivity index (χ0n) is 13.5. The van der Waals surface area contributed by atoms with Gasteiger partial charge >= 0.3 is 0 Å². The van der Waals surface area contributed by atoms with Crippen LogP contribution in [0.15, 0.2) is 29.3 Å².